The molecule has 0 radical (unpaired) electrons. The molecule has 2 atom stereocenters. The van der Waals surface area contributed by atoms with E-state index in [0.717, 1.165) is 13.0 Å². The lowest BCUT2D eigenvalue weighted by atomic mass is 10.1. The molecule has 2 amide bonds. The first kappa shape index (κ1) is 15.5. The van der Waals surface area contributed by atoms with Crippen molar-refractivity contribution in [1.82, 2.24) is 10.2 Å². The summed E-state index contributed by atoms with van der Waals surface area (Å²) in [7, 11) is 3.63. The van der Waals surface area contributed by atoms with Crippen molar-refractivity contribution in [1.29, 1.82) is 0 Å². The highest BCUT2D eigenvalue weighted by molar-refractivity contribution is 5.98. The van der Waals surface area contributed by atoms with Crippen molar-refractivity contribution in [2.24, 2.45) is 11.8 Å². The summed E-state index contributed by atoms with van der Waals surface area (Å²) in [6.45, 7) is 3.46. The summed E-state index contributed by atoms with van der Waals surface area (Å²) >= 11 is 0. The third kappa shape index (κ3) is 4.04. The number of carbonyl (C=O) groups is 2. The number of amides is 2. The molecule has 2 N–H and O–H groups in total. The SMILES string of the molecule is CNCCN(C)C(=O)c1cccc(NC(=O)C2CC2C)c1. The van der Waals surface area contributed by atoms with Crippen LogP contribution in [0.1, 0.15) is 23.7 Å². The number of likely N-dealkylation sites (N-methyl/N-ethyl adjacent to an activating group) is 2. The number of rotatable bonds is 6. The molecule has 1 fully saturated rings. The Kier molecular flexibility index (Phi) is 4.96. The van der Waals surface area contributed by atoms with Crippen LogP contribution in [-0.2, 0) is 4.79 Å². The minimum absolute atomic E-state index is 0.0406. The molecular formula is C16H23N3O2. The zero-order chi connectivity index (χ0) is 15.4. The second-order valence-corrected chi connectivity index (χ2v) is 5.72. The molecule has 0 spiro atoms. The van der Waals surface area contributed by atoms with Crippen molar-refractivity contribution in [3.63, 3.8) is 0 Å². The van der Waals surface area contributed by atoms with Crippen molar-refractivity contribution in [2.45, 2.75) is 13.3 Å². The van der Waals surface area contributed by atoms with Gasteiger partial charge in [-0.15, -0.1) is 0 Å². The fourth-order valence-electron chi connectivity index (χ4n) is 2.25. The third-order valence-electron chi connectivity index (χ3n) is 3.87. The van der Waals surface area contributed by atoms with Gasteiger partial charge in [0.25, 0.3) is 5.91 Å². The predicted molar refractivity (Wildman–Crippen MR) is 83.2 cm³/mol. The van der Waals surface area contributed by atoms with E-state index in [9.17, 15) is 9.59 Å². The molecule has 114 valence electrons. The molecule has 5 heteroatoms. The summed E-state index contributed by atoms with van der Waals surface area (Å²) in [5.41, 5.74) is 1.28. The first-order chi connectivity index (χ1) is 10.0. The van der Waals surface area contributed by atoms with E-state index in [0.29, 0.717) is 23.7 Å². The summed E-state index contributed by atoms with van der Waals surface area (Å²) in [5, 5.41) is 5.90. The third-order valence-corrected chi connectivity index (χ3v) is 3.87. The molecular weight excluding hydrogens is 266 g/mol. The van der Waals surface area contributed by atoms with Gasteiger partial charge in [-0.1, -0.05) is 13.0 Å². The van der Waals surface area contributed by atoms with Crippen LogP contribution in [0, 0.1) is 11.8 Å². The summed E-state index contributed by atoms with van der Waals surface area (Å²) in [4.78, 5) is 25.9. The Morgan fingerprint density at radius 2 is 2.10 bits per heavy atom. The van der Waals surface area contributed by atoms with Gasteiger partial charge in [0.1, 0.15) is 0 Å². The first-order valence-corrected chi connectivity index (χ1v) is 7.34. The zero-order valence-corrected chi connectivity index (χ0v) is 12.8. The van der Waals surface area contributed by atoms with Gasteiger partial charge in [-0.3, -0.25) is 9.59 Å². The van der Waals surface area contributed by atoms with Gasteiger partial charge >= 0.3 is 0 Å². The Bertz CT molecular complexity index is 530. The van der Waals surface area contributed by atoms with E-state index in [1.165, 1.54) is 0 Å². The van der Waals surface area contributed by atoms with Crippen molar-refractivity contribution >= 4 is 17.5 Å². The van der Waals surface area contributed by atoms with Gasteiger partial charge in [0.2, 0.25) is 5.91 Å². The van der Waals surface area contributed by atoms with Gasteiger partial charge in [-0.25, -0.2) is 0 Å². The Labute approximate surface area is 125 Å². The van der Waals surface area contributed by atoms with Crippen molar-refractivity contribution in [2.75, 3.05) is 32.5 Å². The molecule has 1 aromatic rings. The fourth-order valence-corrected chi connectivity index (χ4v) is 2.25. The van der Waals surface area contributed by atoms with Gasteiger partial charge in [0, 0.05) is 37.3 Å². The molecule has 2 rings (SSSR count). The maximum atomic E-state index is 12.3. The standard InChI is InChI=1S/C16H23N3O2/c1-11-9-14(11)15(20)18-13-6-4-5-12(10-13)16(21)19(3)8-7-17-2/h4-6,10-11,14,17H,7-9H2,1-3H3,(H,18,20). The van der Waals surface area contributed by atoms with Crippen molar-refractivity contribution < 1.29 is 9.59 Å². The van der Waals surface area contributed by atoms with E-state index in [-0.39, 0.29) is 17.7 Å². The molecule has 1 saturated carbocycles. The fraction of sp³-hybridized carbons (Fsp3) is 0.500. The number of carbonyl (C=O) groups excluding carboxylic acids is 2. The van der Waals surface area contributed by atoms with E-state index >= 15 is 0 Å². The Morgan fingerprint density at radius 3 is 2.71 bits per heavy atom. The average molecular weight is 289 g/mol. The molecule has 0 saturated heterocycles. The lowest BCUT2D eigenvalue weighted by Crippen LogP contribution is -2.32. The largest absolute Gasteiger partial charge is 0.340 e. The molecule has 21 heavy (non-hydrogen) atoms. The Morgan fingerprint density at radius 1 is 1.38 bits per heavy atom. The van der Waals surface area contributed by atoms with Crippen LogP contribution in [-0.4, -0.2) is 43.9 Å². The number of hydrogen-bond donors (Lipinski definition) is 2. The van der Waals surface area contributed by atoms with Gasteiger partial charge < -0.3 is 15.5 Å². The highest BCUT2D eigenvalue weighted by Gasteiger charge is 2.39. The zero-order valence-electron chi connectivity index (χ0n) is 12.8. The van der Waals surface area contributed by atoms with Crippen LogP contribution in [0.25, 0.3) is 0 Å². The predicted octanol–water partition coefficient (Wildman–Crippen LogP) is 1.57. The topological polar surface area (TPSA) is 61.4 Å². The lowest BCUT2D eigenvalue weighted by molar-refractivity contribution is -0.117. The van der Waals surface area contributed by atoms with Crippen LogP contribution in [0.2, 0.25) is 0 Å². The molecule has 0 aliphatic heterocycles. The monoisotopic (exact) mass is 289 g/mol. The first-order valence-electron chi connectivity index (χ1n) is 7.34. The number of hydrogen-bond acceptors (Lipinski definition) is 3. The van der Waals surface area contributed by atoms with Crippen LogP contribution in [0.3, 0.4) is 0 Å². The van der Waals surface area contributed by atoms with Gasteiger partial charge in [-0.05, 0) is 37.6 Å². The summed E-state index contributed by atoms with van der Waals surface area (Å²) in [5.74, 6) is 0.613. The molecule has 1 aliphatic carbocycles. The van der Waals surface area contributed by atoms with Gasteiger partial charge in [0.05, 0.1) is 0 Å². The van der Waals surface area contributed by atoms with Crippen LogP contribution >= 0.6 is 0 Å². The maximum absolute atomic E-state index is 12.3. The summed E-state index contributed by atoms with van der Waals surface area (Å²) < 4.78 is 0. The highest BCUT2D eigenvalue weighted by atomic mass is 16.2. The van der Waals surface area contributed by atoms with E-state index in [4.69, 9.17) is 0 Å². The quantitative estimate of drug-likeness (QED) is 0.835. The molecule has 0 heterocycles. The van der Waals surface area contributed by atoms with E-state index < -0.39 is 0 Å². The van der Waals surface area contributed by atoms with Gasteiger partial charge in [-0.2, -0.15) is 0 Å². The number of benzene rings is 1. The maximum Gasteiger partial charge on any atom is 0.253 e. The average Bonchev–Trinajstić information content (AvgIpc) is 3.21. The minimum Gasteiger partial charge on any atom is -0.340 e. The second kappa shape index (κ2) is 6.72. The highest BCUT2D eigenvalue weighted by Crippen LogP contribution is 2.38. The normalized spacial score (nSPS) is 20.0. The van der Waals surface area contributed by atoms with Crippen LogP contribution < -0.4 is 10.6 Å². The Hall–Kier alpha value is -1.88. The van der Waals surface area contributed by atoms with Crippen molar-refractivity contribution in [3.05, 3.63) is 29.8 Å². The van der Waals surface area contributed by atoms with E-state index in [1.54, 1.807) is 30.1 Å². The molecule has 0 aromatic heterocycles. The minimum atomic E-state index is -0.0406. The number of nitrogens with zero attached hydrogens (tertiary/aromatic N) is 1. The summed E-state index contributed by atoms with van der Waals surface area (Å²) in [6.07, 6.45) is 0.956. The van der Waals surface area contributed by atoms with E-state index in [2.05, 4.69) is 17.6 Å². The lowest BCUT2D eigenvalue weighted by Gasteiger charge is -2.17. The molecule has 1 aliphatic rings. The smallest absolute Gasteiger partial charge is 0.253 e. The molecule has 1 aromatic carbocycles. The molecule has 0 bridgehead atoms. The number of anilines is 1. The molecule has 5 nitrogen and oxygen atoms in total. The number of nitrogens with one attached hydrogen (secondary N) is 2. The Balaban J connectivity index is 1.99. The second-order valence-electron chi connectivity index (χ2n) is 5.72. The van der Waals surface area contributed by atoms with Crippen LogP contribution in [0.4, 0.5) is 5.69 Å². The molecule has 2 unspecified atom stereocenters. The van der Waals surface area contributed by atoms with Crippen molar-refractivity contribution in [3.8, 4) is 0 Å². The van der Waals surface area contributed by atoms with Gasteiger partial charge in [0.15, 0.2) is 0 Å². The van der Waals surface area contributed by atoms with E-state index in [1.807, 2.05) is 13.1 Å². The van der Waals surface area contributed by atoms with Crippen LogP contribution in [0.5, 0.6) is 0 Å². The van der Waals surface area contributed by atoms with Crippen LogP contribution in [0.15, 0.2) is 24.3 Å². The summed E-state index contributed by atoms with van der Waals surface area (Å²) in [6, 6.07) is 7.12.